The summed E-state index contributed by atoms with van der Waals surface area (Å²) in [7, 11) is 0. The Morgan fingerprint density at radius 2 is 2.21 bits per heavy atom. The van der Waals surface area contributed by atoms with Gasteiger partial charge in [-0.1, -0.05) is 25.1 Å². The summed E-state index contributed by atoms with van der Waals surface area (Å²) in [6.45, 7) is 2.50. The Morgan fingerprint density at radius 3 is 2.84 bits per heavy atom. The highest BCUT2D eigenvalue weighted by Gasteiger charge is 2.14. The fraction of sp³-hybridized carbons (Fsp3) is 0.357. The minimum absolute atomic E-state index is 0.139. The second-order valence-corrected chi connectivity index (χ2v) is 5.41. The number of aromatic nitrogens is 1. The molecule has 0 bridgehead atoms. The van der Waals surface area contributed by atoms with Gasteiger partial charge in [0.2, 0.25) is 0 Å². The Bertz CT molecular complexity index is 530. The van der Waals surface area contributed by atoms with Crippen molar-refractivity contribution in [3.8, 4) is 0 Å². The van der Waals surface area contributed by atoms with E-state index in [4.69, 9.17) is 0 Å². The van der Waals surface area contributed by atoms with E-state index < -0.39 is 6.04 Å². The number of rotatable bonds is 6. The monoisotopic (exact) mass is 280 g/mol. The first kappa shape index (κ1) is 14.1. The standard InChI is InChI=1S/C14H17FN2OS/c1-2-14-17-8-10(19-14)7-16-13(9-18)11-5-3-4-6-12(11)15/h3-6,8,13,16,18H,2,7,9H2,1H3/t13-/m1/s1. The third-order valence-electron chi connectivity index (χ3n) is 2.89. The summed E-state index contributed by atoms with van der Waals surface area (Å²) >= 11 is 1.64. The SMILES string of the molecule is CCc1ncc(CN[C@H](CO)c2ccccc2F)s1. The minimum Gasteiger partial charge on any atom is -0.394 e. The molecule has 5 heteroatoms. The van der Waals surface area contributed by atoms with Crippen LogP contribution in [0.4, 0.5) is 4.39 Å². The van der Waals surface area contributed by atoms with Crippen LogP contribution < -0.4 is 5.32 Å². The third kappa shape index (κ3) is 3.59. The maximum atomic E-state index is 13.7. The first-order valence-corrected chi connectivity index (χ1v) is 7.08. The first-order chi connectivity index (χ1) is 9.24. The maximum Gasteiger partial charge on any atom is 0.128 e. The van der Waals surface area contributed by atoms with Crippen LogP contribution in [0.5, 0.6) is 0 Å². The number of benzene rings is 1. The van der Waals surface area contributed by atoms with Gasteiger partial charge in [-0.05, 0) is 12.5 Å². The Hall–Kier alpha value is -1.30. The lowest BCUT2D eigenvalue weighted by Crippen LogP contribution is -2.24. The van der Waals surface area contributed by atoms with E-state index in [2.05, 4.69) is 17.2 Å². The van der Waals surface area contributed by atoms with Gasteiger partial charge in [0.1, 0.15) is 5.82 Å². The van der Waals surface area contributed by atoms with Gasteiger partial charge in [-0.25, -0.2) is 9.37 Å². The van der Waals surface area contributed by atoms with E-state index >= 15 is 0 Å². The van der Waals surface area contributed by atoms with Crippen molar-refractivity contribution in [1.29, 1.82) is 0 Å². The van der Waals surface area contributed by atoms with Crippen molar-refractivity contribution in [2.75, 3.05) is 6.61 Å². The second-order valence-electron chi connectivity index (χ2n) is 4.21. The van der Waals surface area contributed by atoms with Crippen molar-refractivity contribution in [2.45, 2.75) is 25.9 Å². The lowest BCUT2D eigenvalue weighted by molar-refractivity contribution is 0.241. The molecule has 2 rings (SSSR count). The van der Waals surface area contributed by atoms with Crippen molar-refractivity contribution in [3.05, 3.63) is 51.7 Å². The van der Waals surface area contributed by atoms with Crippen molar-refractivity contribution in [2.24, 2.45) is 0 Å². The predicted octanol–water partition coefficient (Wildman–Crippen LogP) is 2.67. The molecule has 19 heavy (non-hydrogen) atoms. The van der Waals surface area contributed by atoms with Crippen LogP contribution in [0, 0.1) is 5.82 Å². The van der Waals surface area contributed by atoms with Crippen LogP contribution in [0.1, 0.15) is 28.4 Å². The summed E-state index contributed by atoms with van der Waals surface area (Å²) in [6, 6.07) is 6.11. The molecule has 0 aliphatic carbocycles. The van der Waals surface area contributed by atoms with Gasteiger partial charge in [0.15, 0.2) is 0 Å². The first-order valence-electron chi connectivity index (χ1n) is 6.26. The molecule has 3 nitrogen and oxygen atoms in total. The molecule has 0 aliphatic rings. The van der Waals surface area contributed by atoms with E-state index in [0.717, 1.165) is 16.3 Å². The largest absolute Gasteiger partial charge is 0.394 e. The summed E-state index contributed by atoms with van der Waals surface area (Å²) < 4.78 is 13.7. The van der Waals surface area contributed by atoms with Gasteiger partial charge in [0, 0.05) is 23.2 Å². The molecule has 2 N–H and O–H groups in total. The molecule has 1 atom stereocenters. The molecule has 0 saturated carbocycles. The highest BCUT2D eigenvalue weighted by atomic mass is 32.1. The van der Waals surface area contributed by atoms with Crippen molar-refractivity contribution in [3.63, 3.8) is 0 Å². The van der Waals surface area contributed by atoms with Gasteiger partial charge < -0.3 is 10.4 Å². The average Bonchev–Trinajstić information content (AvgIpc) is 2.89. The summed E-state index contributed by atoms with van der Waals surface area (Å²) in [6.07, 6.45) is 2.74. The predicted molar refractivity (Wildman–Crippen MR) is 74.6 cm³/mol. The van der Waals surface area contributed by atoms with Gasteiger partial charge in [0.25, 0.3) is 0 Å². The van der Waals surface area contributed by atoms with Crippen molar-refractivity contribution in [1.82, 2.24) is 10.3 Å². The van der Waals surface area contributed by atoms with E-state index in [0.29, 0.717) is 12.1 Å². The fourth-order valence-electron chi connectivity index (χ4n) is 1.85. The van der Waals surface area contributed by atoms with E-state index in [-0.39, 0.29) is 12.4 Å². The molecule has 2 aromatic rings. The van der Waals surface area contributed by atoms with E-state index in [9.17, 15) is 9.50 Å². The quantitative estimate of drug-likeness (QED) is 0.855. The molecule has 0 spiro atoms. The topological polar surface area (TPSA) is 45.2 Å². The lowest BCUT2D eigenvalue weighted by Gasteiger charge is -2.16. The summed E-state index contributed by atoms with van der Waals surface area (Å²) in [5.74, 6) is -0.299. The number of aliphatic hydroxyl groups excluding tert-OH is 1. The van der Waals surface area contributed by atoms with Gasteiger partial charge in [-0.2, -0.15) is 0 Å². The Balaban J connectivity index is 2.02. The van der Waals surface area contributed by atoms with Crippen LogP contribution in [-0.4, -0.2) is 16.7 Å². The van der Waals surface area contributed by atoms with Crippen LogP contribution in [0.2, 0.25) is 0 Å². The zero-order chi connectivity index (χ0) is 13.7. The number of hydrogen-bond donors (Lipinski definition) is 2. The molecule has 1 aromatic heterocycles. The zero-order valence-corrected chi connectivity index (χ0v) is 11.6. The Morgan fingerprint density at radius 1 is 1.42 bits per heavy atom. The van der Waals surface area contributed by atoms with Gasteiger partial charge >= 0.3 is 0 Å². The Kier molecular flexibility index (Phi) is 5.01. The second kappa shape index (κ2) is 6.75. The molecule has 0 fully saturated rings. The number of thiazole rings is 1. The Labute approximate surface area is 116 Å². The molecule has 0 aliphatic heterocycles. The highest BCUT2D eigenvalue weighted by molar-refractivity contribution is 7.11. The van der Waals surface area contributed by atoms with Crippen LogP contribution in [0.15, 0.2) is 30.5 Å². The highest BCUT2D eigenvalue weighted by Crippen LogP contribution is 2.18. The van der Waals surface area contributed by atoms with Crippen molar-refractivity contribution >= 4 is 11.3 Å². The normalized spacial score (nSPS) is 12.6. The van der Waals surface area contributed by atoms with Gasteiger partial charge in [0.05, 0.1) is 17.7 Å². The van der Waals surface area contributed by atoms with Gasteiger partial charge in [-0.3, -0.25) is 0 Å². The molecule has 0 unspecified atom stereocenters. The number of aliphatic hydroxyl groups is 1. The number of nitrogens with one attached hydrogen (secondary N) is 1. The minimum atomic E-state index is -0.395. The summed E-state index contributed by atoms with van der Waals surface area (Å²) in [5, 5.41) is 13.6. The van der Waals surface area contributed by atoms with E-state index in [1.165, 1.54) is 6.07 Å². The lowest BCUT2D eigenvalue weighted by atomic mass is 10.1. The van der Waals surface area contributed by atoms with Gasteiger partial charge in [-0.15, -0.1) is 11.3 Å². The number of aryl methyl sites for hydroxylation is 1. The van der Waals surface area contributed by atoms with Crippen LogP contribution >= 0.6 is 11.3 Å². The molecule has 0 amide bonds. The van der Waals surface area contributed by atoms with Crippen LogP contribution in [0.3, 0.4) is 0 Å². The zero-order valence-electron chi connectivity index (χ0n) is 10.8. The molecular weight excluding hydrogens is 263 g/mol. The summed E-state index contributed by atoms with van der Waals surface area (Å²) in [4.78, 5) is 5.36. The van der Waals surface area contributed by atoms with E-state index in [1.54, 1.807) is 29.5 Å². The molecule has 0 radical (unpaired) electrons. The smallest absolute Gasteiger partial charge is 0.128 e. The summed E-state index contributed by atoms with van der Waals surface area (Å²) in [5.41, 5.74) is 0.491. The number of hydrogen-bond acceptors (Lipinski definition) is 4. The third-order valence-corrected chi connectivity index (χ3v) is 4.03. The number of nitrogens with zero attached hydrogens (tertiary/aromatic N) is 1. The van der Waals surface area contributed by atoms with Crippen LogP contribution in [0.25, 0.3) is 0 Å². The number of halogens is 1. The average molecular weight is 280 g/mol. The maximum absolute atomic E-state index is 13.7. The fourth-order valence-corrected chi connectivity index (χ4v) is 2.66. The molecule has 102 valence electrons. The molecule has 0 saturated heterocycles. The van der Waals surface area contributed by atoms with Crippen LogP contribution in [-0.2, 0) is 13.0 Å². The molecule has 1 aromatic carbocycles. The molecular formula is C14H17FN2OS. The molecule has 1 heterocycles. The van der Waals surface area contributed by atoms with E-state index in [1.807, 2.05) is 6.20 Å². The van der Waals surface area contributed by atoms with Crippen molar-refractivity contribution < 1.29 is 9.50 Å².